The number of nitrogens with one attached hydrogen (secondary N) is 2. The minimum Gasteiger partial charge on any atom is -0.353 e. The topological polar surface area (TPSA) is 76.9 Å². The Balaban J connectivity index is 1.84. The van der Waals surface area contributed by atoms with E-state index in [1.54, 1.807) is 12.1 Å². The fourth-order valence-electron chi connectivity index (χ4n) is 2.47. The van der Waals surface area contributed by atoms with Gasteiger partial charge >= 0.3 is 0 Å². The van der Waals surface area contributed by atoms with Gasteiger partial charge in [-0.3, -0.25) is 0 Å². The number of aromatic nitrogens is 2. The van der Waals surface area contributed by atoms with Crippen LogP contribution in [-0.2, 0) is 0 Å². The van der Waals surface area contributed by atoms with E-state index < -0.39 is 5.82 Å². The van der Waals surface area contributed by atoms with E-state index in [-0.39, 0.29) is 5.56 Å². The monoisotopic (exact) mass is 340 g/mol. The second-order valence-corrected chi connectivity index (χ2v) is 6.41. The average molecular weight is 340 g/mol. The molecule has 0 radical (unpaired) electrons. The Morgan fingerprint density at radius 2 is 2.12 bits per heavy atom. The molecule has 1 aliphatic rings. The zero-order valence-electron chi connectivity index (χ0n) is 14.4. The van der Waals surface area contributed by atoms with Crippen LogP contribution in [0.3, 0.4) is 0 Å². The van der Waals surface area contributed by atoms with Crippen LogP contribution in [0.4, 0.5) is 21.8 Å². The third-order valence-corrected chi connectivity index (χ3v) is 3.97. The van der Waals surface area contributed by atoms with E-state index in [0.717, 1.165) is 31.6 Å². The first-order chi connectivity index (χ1) is 12.1. The van der Waals surface area contributed by atoms with E-state index in [2.05, 4.69) is 25.5 Å². The summed E-state index contributed by atoms with van der Waals surface area (Å²) in [6.07, 6.45) is 2.24. The second kappa shape index (κ2) is 7.45. The van der Waals surface area contributed by atoms with E-state index in [9.17, 15) is 9.65 Å². The molecule has 2 aromatic rings. The molecule has 0 spiro atoms. The van der Waals surface area contributed by atoms with Gasteiger partial charge in [-0.1, -0.05) is 6.07 Å². The molecule has 0 bridgehead atoms. The van der Waals surface area contributed by atoms with Gasteiger partial charge in [0.25, 0.3) is 0 Å². The fraction of sp³-hybridized carbons (Fsp3) is 0.389. The first-order valence-corrected chi connectivity index (χ1v) is 8.30. The van der Waals surface area contributed by atoms with E-state index in [1.807, 2.05) is 26.2 Å². The molecule has 2 N–H and O–H groups in total. The highest BCUT2D eigenvalue weighted by atomic mass is 19.1. The molecule has 3 rings (SSSR count). The van der Waals surface area contributed by atoms with Crippen molar-refractivity contribution in [3.63, 3.8) is 0 Å². The lowest BCUT2D eigenvalue weighted by Gasteiger charge is -2.13. The van der Waals surface area contributed by atoms with Crippen molar-refractivity contribution < 1.29 is 4.39 Å². The van der Waals surface area contributed by atoms with Gasteiger partial charge in [0.2, 0.25) is 5.95 Å². The normalized spacial score (nSPS) is 13.6. The largest absolute Gasteiger partial charge is 0.353 e. The number of hydrogen-bond donors (Lipinski definition) is 2. The van der Waals surface area contributed by atoms with Gasteiger partial charge in [0.05, 0.1) is 11.4 Å². The zero-order valence-corrected chi connectivity index (χ0v) is 14.4. The van der Waals surface area contributed by atoms with Crippen LogP contribution in [0.1, 0.15) is 30.0 Å². The van der Waals surface area contributed by atoms with Crippen molar-refractivity contribution >= 4 is 17.5 Å². The number of nitrogens with zero attached hydrogens (tertiary/aromatic N) is 4. The van der Waals surface area contributed by atoms with Gasteiger partial charge in [0.15, 0.2) is 0 Å². The molecule has 1 heterocycles. The van der Waals surface area contributed by atoms with Crippen LogP contribution in [0.25, 0.3) is 0 Å². The summed E-state index contributed by atoms with van der Waals surface area (Å²) in [6, 6.07) is 8.27. The highest BCUT2D eigenvalue weighted by Gasteiger charge is 2.26. The third-order valence-electron chi connectivity index (χ3n) is 3.97. The van der Waals surface area contributed by atoms with Crippen molar-refractivity contribution in [1.82, 2.24) is 14.9 Å². The molecule has 1 fully saturated rings. The summed E-state index contributed by atoms with van der Waals surface area (Å²) < 4.78 is 13.8. The molecule has 1 saturated carbocycles. The van der Waals surface area contributed by atoms with Gasteiger partial charge in [0, 0.05) is 25.1 Å². The lowest BCUT2D eigenvalue weighted by atomic mass is 10.2. The molecule has 7 heteroatoms. The standard InChI is InChI=1S/C18H21FN6/c1-25(2)9-8-21-18-23-16(12-6-7-12)10-17(24-18)22-15-5-3-4-14(19)13(15)11-20/h3-5,10,12H,6-9H2,1-2H3,(H2,21,22,23,24). The molecule has 0 amide bonds. The first kappa shape index (κ1) is 17.1. The lowest BCUT2D eigenvalue weighted by molar-refractivity contribution is 0.425. The molecule has 1 aromatic carbocycles. The predicted octanol–water partition coefficient (Wildman–Crippen LogP) is 3.08. The summed E-state index contributed by atoms with van der Waals surface area (Å²) in [5.74, 6) is 1.02. The summed E-state index contributed by atoms with van der Waals surface area (Å²) in [5, 5.41) is 15.5. The molecule has 0 atom stereocenters. The maximum absolute atomic E-state index is 13.8. The smallest absolute Gasteiger partial charge is 0.224 e. The van der Waals surface area contributed by atoms with Crippen LogP contribution in [0.2, 0.25) is 0 Å². The van der Waals surface area contributed by atoms with Gasteiger partial charge in [-0.2, -0.15) is 10.2 Å². The lowest BCUT2D eigenvalue weighted by Crippen LogP contribution is -2.21. The van der Waals surface area contributed by atoms with E-state index in [4.69, 9.17) is 0 Å². The van der Waals surface area contributed by atoms with Crippen molar-refractivity contribution in [3.8, 4) is 6.07 Å². The Kier molecular flexibility index (Phi) is 5.10. The van der Waals surface area contributed by atoms with Gasteiger partial charge in [-0.15, -0.1) is 0 Å². The molecule has 25 heavy (non-hydrogen) atoms. The van der Waals surface area contributed by atoms with Crippen molar-refractivity contribution in [2.75, 3.05) is 37.8 Å². The van der Waals surface area contributed by atoms with Crippen molar-refractivity contribution in [2.24, 2.45) is 0 Å². The third kappa shape index (κ3) is 4.43. The van der Waals surface area contributed by atoms with Gasteiger partial charge in [-0.05, 0) is 39.1 Å². The number of rotatable bonds is 7. The van der Waals surface area contributed by atoms with Crippen molar-refractivity contribution in [2.45, 2.75) is 18.8 Å². The molecule has 0 unspecified atom stereocenters. The van der Waals surface area contributed by atoms with Crippen molar-refractivity contribution in [1.29, 1.82) is 5.26 Å². The Labute approximate surface area is 146 Å². The number of benzene rings is 1. The maximum atomic E-state index is 13.8. The van der Waals surface area contributed by atoms with Crippen LogP contribution in [-0.4, -0.2) is 42.1 Å². The molecular formula is C18H21FN6. The highest BCUT2D eigenvalue weighted by Crippen LogP contribution is 2.40. The molecule has 0 aliphatic heterocycles. The van der Waals surface area contributed by atoms with Gasteiger partial charge < -0.3 is 15.5 Å². The van der Waals surface area contributed by atoms with Crippen LogP contribution in [0.5, 0.6) is 0 Å². The minimum atomic E-state index is -0.548. The van der Waals surface area contributed by atoms with E-state index in [0.29, 0.717) is 23.4 Å². The Morgan fingerprint density at radius 3 is 2.80 bits per heavy atom. The molecular weight excluding hydrogens is 319 g/mol. The number of hydrogen-bond acceptors (Lipinski definition) is 6. The summed E-state index contributed by atoms with van der Waals surface area (Å²) in [7, 11) is 4.01. The molecule has 1 aromatic heterocycles. The average Bonchev–Trinajstić information content (AvgIpc) is 3.39. The van der Waals surface area contributed by atoms with E-state index >= 15 is 0 Å². The molecule has 0 saturated heterocycles. The Hall–Kier alpha value is -2.72. The maximum Gasteiger partial charge on any atom is 0.224 e. The Morgan fingerprint density at radius 1 is 1.32 bits per heavy atom. The first-order valence-electron chi connectivity index (χ1n) is 8.30. The molecule has 6 nitrogen and oxygen atoms in total. The predicted molar refractivity (Wildman–Crippen MR) is 95.4 cm³/mol. The summed E-state index contributed by atoms with van der Waals surface area (Å²) in [5.41, 5.74) is 1.36. The zero-order chi connectivity index (χ0) is 17.8. The summed E-state index contributed by atoms with van der Waals surface area (Å²) in [4.78, 5) is 11.1. The van der Waals surface area contributed by atoms with Crippen LogP contribution >= 0.6 is 0 Å². The molecule has 130 valence electrons. The van der Waals surface area contributed by atoms with E-state index in [1.165, 1.54) is 6.07 Å². The summed E-state index contributed by atoms with van der Waals surface area (Å²) >= 11 is 0. The highest BCUT2D eigenvalue weighted by molar-refractivity contribution is 5.65. The number of halogens is 1. The SMILES string of the molecule is CN(C)CCNc1nc(Nc2cccc(F)c2C#N)cc(C2CC2)n1. The van der Waals surface area contributed by atoms with Crippen LogP contribution in [0.15, 0.2) is 24.3 Å². The number of nitriles is 1. The molecule has 1 aliphatic carbocycles. The van der Waals surface area contributed by atoms with Crippen LogP contribution < -0.4 is 10.6 Å². The summed E-state index contributed by atoms with van der Waals surface area (Å²) in [6.45, 7) is 1.59. The second-order valence-electron chi connectivity index (χ2n) is 6.41. The van der Waals surface area contributed by atoms with Gasteiger partial charge in [0.1, 0.15) is 23.3 Å². The fourth-order valence-corrected chi connectivity index (χ4v) is 2.47. The minimum absolute atomic E-state index is 0.0174. The van der Waals surface area contributed by atoms with Crippen molar-refractivity contribution in [3.05, 3.63) is 41.3 Å². The number of anilines is 3. The van der Waals surface area contributed by atoms with Crippen LogP contribution in [0, 0.1) is 17.1 Å². The Bertz CT molecular complexity index is 795. The quantitative estimate of drug-likeness (QED) is 0.807. The number of likely N-dealkylation sites (N-methyl/N-ethyl adjacent to an activating group) is 1. The van der Waals surface area contributed by atoms with Gasteiger partial charge in [-0.25, -0.2) is 9.37 Å².